The van der Waals surface area contributed by atoms with Gasteiger partial charge in [0, 0.05) is 49.8 Å². The number of nitrogens with zero attached hydrogens (tertiary/aromatic N) is 1. The molecule has 0 saturated heterocycles. The van der Waals surface area contributed by atoms with Crippen molar-refractivity contribution in [2.24, 2.45) is 5.73 Å². The Morgan fingerprint density at radius 1 is 0.653 bits per heavy atom. The van der Waals surface area contributed by atoms with E-state index in [1.807, 2.05) is 4.90 Å². The Labute approximate surface area is 291 Å². The molecule has 0 aliphatic heterocycles. The summed E-state index contributed by atoms with van der Waals surface area (Å²) in [5, 5.41) is 55.6. The number of nitrogens with one attached hydrogen (secondary N) is 4. The number of alkyl halides is 2. The zero-order valence-corrected chi connectivity index (χ0v) is 27.9. The molecule has 1 aromatic carbocycles. The van der Waals surface area contributed by atoms with E-state index < -0.39 is 111 Å². The quantitative estimate of drug-likeness (QED) is 0.0494. The van der Waals surface area contributed by atoms with E-state index >= 15 is 0 Å². The summed E-state index contributed by atoms with van der Waals surface area (Å²) in [6.07, 6.45) is -2.40. The first-order valence-corrected chi connectivity index (χ1v) is 16.0. The SMILES string of the molecule is NC(CO)C(=O)NC(CCC(=O)O)C(=O)NC(CO)C(=O)NC(CCC(=O)O)C(=O)NC(Cc1ccc(N(CCCl)CCCl)cc1)C(=O)O. The fourth-order valence-electron chi connectivity index (χ4n) is 4.30. The van der Waals surface area contributed by atoms with Crippen molar-refractivity contribution in [1.82, 2.24) is 21.3 Å². The Morgan fingerprint density at radius 2 is 1.08 bits per heavy atom. The largest absolute Gasteiger partial charge is 0.481 e. The van der Waals surface area contributed by atoms with Gasteiger partial charge in [0.05, 0.1) is 13.2 Å². The summed E-state index contributed by atoms with van der Waals surface area (Å²) < 4.78 is 0. The molecular formula is C29H42Cl2N6O12. The van der Waals surface area contributed by atoms with E-state index in [9.17, 15) is 48.9 Å². The summed E-state index contributed by atoms with van der Waals surface area (Å²) in [4.78, 5) is 87.5. The van der Waals surface area contributed by atoms with Gasteiger partial charge in [-0.15, -0.1) is 23.2 Å². The number of carboxylic acid groups (broad SMARTS) is 3. The van der Waals surface area contributed by atoms with Crippen molar-refractivity contribution < 1.29 is 59.1 Å². The number of hydrogen-bond donors (Lipinski definition) is 10. The monoisotopic (exact) mass is 736 g/mol. The molecular weight excluding hydrogens is 695 g/mol. The molecule has 0 radical (unpaired) electrons. The normalized spacial score (nSPS) is 13.9. The number of halogens is 2. The van der Waals surface area contributed by atoms with Gasteiger partial charge in [-0.2, -0.15) is 0 Å². The van der Waals surface area contributed by atoms with E-state index in [4.69, 9.17) is 39.1 Å². The van der Waals surface area contributed by atoms with E-state index in [1.54, 1.807) is 24.3 Å². The number of amides is 4. The van der Waals surface area contributed by atoms with Crippen molar-refractivity contribution in [3.8, 4) is 0 Å². The minimum atomic E-state index is -1.78. The van der Waals surface area contributed by atoms with Crippen molar-refractivity contribution in [3.63, 3.8) is 0 Å². The second kappa shape index (κ2) is 22.4. The second-order valence-electron chi connectivity index (χ2n) is 10.7. The van der Waals surface area contributed by atoms with Gasteiger partial charge in [-0.1, -0.05) is 12.1 Å². The van der Waals surface area contributed by atoms with Gasteiger partial charge in [-0.05, 0) is 30.5 Å². The average Bonchev–Trinajstić information content (AvgIpc) is 3.06. The first-order valence-electron chi connectivity index (χ1n) is 15.0. The number of nitrogens with two attached hydrogens (primary N) is 1. The average molecular weight is 738 g/mol. The summed E-state index contributed by atoms with van der Waals surface area (Å²) in [6.45, 7) is -0.806. The van der Waals surface area contributed by atoms with Crippen LogP contribution >= 0.6 is 23.2 Å². The minimum Gasteiger partial charge on any atom is -0.481 e. The maximum absolute atomic E-state index is 13.2. The Morgan fingerprint density at radius 3 is 1.49 bits per heavy atom. The zero-order valence-electron chi connectivity index (χ0n) is 26.3. The smallest absolute Gasteiger partial charge is 0.326 e. The molecule has 5 unspecified atom stereocenters. The van der Waals surface area contributed by atoms with Gasteiger partial charge < -0.3 is 57.4 Å². The fraction of sp³-hybridized carbons (Fsp3) is 0.552. The van der Waals surface area contributed by atoms with Crippen molar-refractivity contribution in [2.75, 3.05) is 43.0 Å². The molecule has 49 heavy (non-hydrogen) atoms. The van der Waals surface area contributed by atoms with Crippen LogP contribution in [0.15, 0.2) is 24.3 Å². The molecule has 11 N–H and O–H groups in total. The molecule has 0 aromatic heterocycles. The van der Waals surface area contributed by atoms with Crippen LogP contribution in [0.25, 0.3) is 0 Å². The summed E-state index contributed by atoms with van der Waals surface area (Å²) >= 11 is 11.7. The molecule has 4 amide bonds. The maximum Gasteiger partial charge on any atom is 0.326 e. The van der Waals surface area contributed by atoms with Gasteiger partial charge in [0.15, 0.2) is 0 Å². The molecule has 0 spiro atoms. The van der Waals surface area contributed by atoms with Gasteiger partial charge in [0.1, 0.15) is 30.2 Å². The number of aliphatic carboxylic acids is 3. The lowest BCUT2D eigenvalue weighted by molar-refractivity contribution is -0.143. The highest BCUT2D eigenvalue weighted by molar-refractivity contribution is 6.18. The van der Waals surface area contributed by atoms with Crippen molar-refractivity contribution in [1.29, 1.82) is 0 Å². The van der Waals surface area contributed by atoms with Crippen LogP contribution in [0.4, 0.5) is 5.69 Å². The van der Waals surface area contributed by atoms with Gasteiger partial charge in [0.2, 0.25) is 23.6 Å². The molecule has 20 heteroatoms. The molecule has 18 nitrogen and oxygen atoms in total. The standard InChI is InChI=1S/C29H42Cl2N6O12/c30-9-11-37(12-10-31)17-3-1-16(2-4-17)13-21(29(48)49)35-26(45)20(6-8-24(42)43)34-28(47)22(15-39)36-27(46)19(5-7-23(40)41)33-25(44)18(32)14-38/h1-4,18-22,38-39H,5-15,32H2,(H,33,44)(H,34,47)(H,35,45)(H,36,46)(H,40,41)(H,42,43)(H,48,49). The van der Waals surface area contributed by atoms with Gasteiger partial charge in [0.25, 0.3) is 0 Å². The lowest BCUT2D eigenvalue weighted by Gasteiger charge is -2.25. The third-order valence-electron chi connectivity index (χ3n) is 6.97. The van der Waals surface area contributed by atoms with Crippen LogP contribution in [0.1, 0.15) is 31.2 Å². The van der Waals surface area contributed by atoms with Crippen molar-refractivity contribution >= 4 is 70.4 Å². The van der Waals surface area contributed by atoms with Gasteiger partial charge >= 0.3 is 17.9 Å². The predicted molar refractivity (Wildman–Crippen MR) is 175 cm³/mol. The highest BCUT2D eigenvalue weighted by Gasteiger charge is 2.32. The summed E-state index contributed by atoms with van der Waals surface area (Å²) in [6, 6.07) is -1.20. The number of aliphatic hydroxyl groups excluding tert-OH is 2. The fourth-order valence-corrected chi connectivity index (χ4v) is 4.71. The number of benzene rings is 1. The lowest BCUT2D eigenvalue weighted by Crippen LogP contribution is -2.59. The number of anilines is 1. The highest BCUT2D eigenvalue weighted by Crippen LogP contribution is 2.17. The van der Waals surface area contributed by atoms with E-state index in [-0.39, 0.29) is 6.42 Å². The Bertz CT molecular complexity index is 1280. The molecule has 0 aliphatic carbocycles. The molecule has 0 saturated carbocycles. The first kappa shape index (κ1) is 42.8. The molecule has 1 aromatic rings. The summed E-state index contributed by atoms with van der Waals surface area (Å²) in [7, 11) is 0. The molecule has 0 fully saturated rings. The zero-order chi connectivity index (χ0) is 37.1. The van der Waals surface area contributed by atoms with E-state index in [1.165, 1.54) is 0 Å². The van der Waals surface area contributed by atoms with Crippen LogP contribution in [0.5, 0.6) is 0 Å². The van der Waals surface area contributed by atoms with Crippen LogP contribution < -0.4 is 31.9 Å². The van der Waals surface area contributed by atoms with Crippen LogP contribution in [-0.4, -0.2) is 135 Å². The van der Waals surface area contributed by atoms with Crippen LogP contribution in [0, 0.1) is 0 Å². The Kier molecular flexibility index (Phi) is 19.6. The number of carbonyl (C=O) groups is 7. The lowest BCUT2D eigenvalue weighted by atomic mass is 10.0. The summed E-state index contributed by atoms with van der Waals surface area (Å²) in [5.74, 6) is -7.77. The molecule has 1 rings (SSSR count). The van der Waals surface area contributed by atoms with E-state index in [0.717, 1.165) is 5.69 Å². The Hall–Kier alpha value is -4.23. The molecule has 5 atom stereocenters. The number of aliphatic hydroxyl groups is 2. The Balaban J connectivity index is 3.10. The summed E-state index contributed by atoms with van der Waals surface area (Å²) in [5.41, 5.74) is 6.73. The predicted octanol–water partition coefficient (Wildman–Crippen LogP) is -2.42. The minimum absolute atomic E-state index is 0.190. The first-order chi connectivity index (χ1) is 23.2. The second-order valence-corrected chi connectivity index (χ2v) is 11.4. The van der Waals surface area contributed by atoms with Crippen LogP contribution in [0.2, 0.25) is 0 Å². The number of carbonyl (C=O) groups excluding carboxylic acids is 4. The third-order valence-corrected chi connectivity index (χ3v) is 7.31. The van der Waals surface area contributed by atoms with Gasteiger partial charge in [-0.25, -0.2) is 4.79 Å². The van der Waals surface area contributed by atoms with Crippen molar-refractivity contribution in [3.05, 3.63) is 29.8 Å². The highest BCUT2D eigenvalue weighted by atomic mass is 35.5. The van der Waals surface area contributed by atoms with Gasteiger partial charge in [-0.3, -0.25) is 28.8 Å². The maximum atomic E-state index is 13.2. The number of rotatable bonds is 24. The number of carboxylic acids is 3. The molecule has 0 bridgehead atoms. The topological polar surface area (TPSA) is 298 Å². The van der Waals surface area contributed by atoms with Crippen molar-refractivity contribution in [2.45, 2.75) is 62.3 Å². The molecule has 0 aliphatic rings. The van der Waals surface area contributed by atoms with E-state index in [0.29, 0.717) is 30.4 Å². The van der Waals surface area contributed by atoms with Crippen LogP contribution in [0.3, 0.4) is 0 Å². The van der Waals surface area contributed by atoms with E-state index in [2.05, 4.69) is 21.3 Å². The van der Waals surface area contributed by atoms with Crippen LogP contribution in [-0.2, 0) is 40.0 Å². The molecule has 0 heterocycles. The molecule has 274 valence electrons. The number of hydrogen-bond acceptors (Lipinski definition) is 11. The third kappa shape index (κ3) is 15.7.